The second-order valence-corrected chi connectivity index (χ2v) is 10.3. The van der Waals surface area contributed by atoms with E-state index in [1.54, 1.807) is 18.2 Å². The van der Waals surface area contributed by atoms with Crippen LogP contribution in [-0.4, -0.2) is 102 Å². The van der Waals surface area contributed by atoms with Gasteiger partial charge < -0.3 is 40.4 Å². The van der Waals surface area contributed by atoms with Gasteiger partial charge in [0.05, 0.1) is 90.4 Å². The molecule has 0 radical (unpaired) electrons. The molecule has 0 atom stereocenters. The zero-order chi connectivity index (χ0) is 39.3. The Morgan fingerprint density at radius 2 is 1.19 bits per heavy atom. The highest BCUT2D eigenvalue weighted by Crippen LogP contribution is 2.35. The number of benzene rings is 3. The Labute approximate surface area is 300 Å². The van der Waals surface area contributed by atoms with Gasteiger partial charge in [0, 0.05) is 37.8 Å². The van der Waals surface area contributed by atoms with Gasteiger partial charge in [-0.25, -0.2) is 0 Å². The molecule has 0 spiro atoms. The summed E-state index contributed by atoms with van der Waals surface area (Å²) in [5.74, 6) is -0.390. The van der Waals surface area contributed by atoms with Crippen LogP contribution in [0.5, 0.6) is 0 Å². The lowest BCUT2D eigenvalue weighted by Gasteiger charge is -2.25. The molecule has 0 fully saturated rings. The molecule has 0 aliphatic carbocycles. The van der Waals surface area contributed by atoms with E-state index in [1.165, 1.54) is 6.92 Å². The van der Waals surface area contributed by atoms with Crippen LogP contribution in [0.2, 0.25) is 0 Å². The van der Waals surface area contributed by atoms with Gasteiger partial charge in [0.1, 0.15) is 11.4 Å². The number of nitro benzene ring substituents is 4. The number of nitro groups is 4. The molecular weight excluding hydrogens is 710 g/mol. The van der Waals surface area contributed by atoms with Crippen molar-refractivity contribution in [2.75, 3.05) is 81.9 Å². The van der Waals surface area contributed by atoms with E-state index in [1.807, 2.05) is 4.90 Å². The van der Waals surface area contributed by atoms with Gasteiger partial charge in [-0.2, -0.15) is 0 Å². The Hall–Kier alpha value is -6.27. The number of rotatable bonds is 21. The van der Waals surface area contributed by atoms with Gasteiger partial charge in [-0.3, -0.25) is 45.3 Å². The largest absolute Gasteiger partial charge is 0.394 e. The standard InChI is InChI=1S/C24H32N6O10.C6H5N3O4/c1-18(33)25-23-16-19(28(6-10-38-12-8-31)7-11-39-14-15-40-13-9-32)2-4-21(23)26-27-22-5-3-20(29(34)35)17-24(22)30(36)37;7-5-2-1-4(8(10)11)3-6(5)9(12)13/h2-5,16-17,31-32H,6-15H2,1H3,(H,25,33);1-3H,7H2. The average molecular weight is 748 g/mol. The summed E-state index contributed by atoms with van der Waals surface area (Å²) in [7, 11) is 0. The number of hydrogen-bond donors (Lipinski definition) is 4. The smallest absolute Gasteiger partial charge is 0.303 e. The van der Waals surface area contributed by atoms with Crippen molar-refractivity contribution in [1.29, 1.82) is 0 Å². The fraction of sp³-hybridized carbons (Fsp3) is 0.367. The van der Waals surface area contributed by atoms with Crippen molar-refractivity contribution in [3.8, 4) is 0 Å². The number of hydrogen-bond acceptors (Lipinski definition) is 18. The minimum atomic E-state index is -0.795. The molecule has 53 heavy (non-hydrogen) atoms. The number of azo groups is 1. The first-order chi connectivity index (χ1) is 25.3. The van der Waals surface area contributed by atoms with Crippen LogP contribution in [0, 0.1) is 40.5 Å². The number of nitrogen functional groups attached to an aromatic ring is 1. The van der Waals surface area contributed by atoms with Crippen LogP contribution in [0.4, 0.5) is 51.2 Å². The second kappa shape index (κ2) is 22.5. The van der Waals surface area contributed by atoms with Crippen LogP contribution in [-0.2, 0) is 19.0 Å². The summed E-state index contributed by atoms with van der Waals surface area (Å²) in [4.78, 5) is 53.7. The third-order valence-electron chi connectivity index (χ3n) is 6.56. The first kappa shape index (κ1) is 42.9. The Bertz CT molecular complexity index is 1760. The number of aliphatic hydroxyl groups is 2. The lowest BCUT2D eigenvalue weighted by molar-refractivity contribution is -0.393. The monoisotopic (exact) mass is 747 g/mol. The lowest BCUT2D eigenvalue weighted by Crippen LogP contribution is -2.31. The maximum absolute atomic E-state index is 11.9. The predicted molar refractivity (Wildman–Crippen MR) is 188 cm³/mol. The zero-order valence-corrected chi connectivity index (χ0v) is 28.3. The number of nitrogens with two attached hydrogens (primary N) is 1. The Morgan fingerprint density at radius 1 is 0.698 bits per heavy atom. The quantitative estimate of drug-likeness (QED) is 0.0396. The number of aliphatic hydroxyl groups excluding tert-OH is 2. The van der Waals surface area contributed by atoms with E-state index in [-0.39, 0.29) is 60.8 Å². The van der Waals surface area contributed by atoms with Crippen LogP contribution in [0.3, 0.4) is 0 Å². The molecule has 0 saturated carbocycles. The Kier molecular flexibility index (Phi) is 18.2. The van der Waals surface area contributed by atoms with E-state index < -0.39 is 36.8 Å². The van der Waals surface area contributed by atoms with Crippen molar-refractivity contribution >= 4 is 57.1 Å². The number of carbonyl (C=O) groups is 1. The van der Waals surface area contributed by atoms with Gasteiger partial charge in [-0.1, -0.05) is 0 Å². The topological polar surface area (TPSA) is 324 Å². The minimum absolute atomic E-state index is 0.0709. The molecule has 1 amide bonds. The van der Waals surface area contributed by atoms with Crippen LogP contribution < -0.4 is 16.0 Å². The molecule has 3 rings (SSSR count). The zero-order valence-electron chi connectivity index (χ0n) is 28.3. The summed E-state index contributed by atoms with van der Waals surface area (Å²) in [5.41, 5.74) is 4.24. The van der Waals surface area contributed by atoms with Crippen molar-refractivity contribution in [2.45, 2.75) is 6.92 Å². The van der Waals surface area contributed by atoms with E-state index in [9.17, 15) is 45.3 Å². The molecule has 5 N–H and O–H groups in total. The molecular formula is C30H37N9O14. The summed E-state index contributed by atoms with van der Waals surface area (Å²) >= 11 is 0. The fourth-order valence-electron chi connectivity index (χ4n) is 4.14. The number of carbonyl (C=O) groups excluding carboxylic acids is 1. The summed E-state index contributed by atoms with van der Waals surface area (Å²) in [6.45, 7) is 3.71. The average Bonchev–Trinajstić information content (AvgIpc) is 3.11. The van der Waals surface area contributed by atoms with E-state index in [0.717, 1.165) is 36.4 Å². The van der Waals surface area contributed by atoms with Gasteiger partial charge in [-0.15, -0.1) is 10.2 Å². The molecule has 0 saturated heterocycles. The normalized spacial score (nSPS) is 10.7. The third-order valence-corrected chi connectivity index (χ3v) is 6.56. The van der Waals surface area contributed by atoms with Crippen molar-refractivity contribution in [1.82, 2.24) is 0 Å². The summed E-state index contributed by atoms with van der Waals surface area (Å²) < 4.78 is 16.1. The van der Waals surface area contributed by atoms with Crippen molar-refractivity contribution in [3.63, 3.8) is 0 Å². The number of nitrogens with zero attached hydrogens (tertiary/aromatic N) is 7. The lowest BCUT2D eigenvalue weighted by atomic mass is 10.2. The number of nitrogens with one attached hydrogen (secondary N) is 1. The first-order valence-corrected chi connectivity index (χ1v) is 15.4. The maximum atomic E-state index is 11.9. The predicted octanol–water partition coefficient (Wildman–Crippen LogP) is 3.80. The highest BCUT2D eigenvalue weighted by Gasteiger charge is 2.20. The van der Waals surface area contributed by atoms with Gasteiger partial charge in [0.25, 0.3) is 17.1 Å². The molecule has 3 aromatic carbocycles. The van der Waals surface area contributed by atoms with Crippen molar-refractivity contribution < 1.29 is 48.9 Å². The van der Waals surface area contributed by atoms with E-state index in [4.69, 9.17) is 30.2 Å². The summed E-state index contributed by atoms with van der Waals surface area (Å²) in [5, 5.41) is 71.3. The third kappa shape index (κ3) is 14.9. The van der Waals surface area contributed by atoms with E-state index >= 15 is 0 Å². The van der Waals surface area contributed by atoms with Crippen LogP contribution in [0.25, 0.3) is 0 Å². The van der Waals surface area contributed by atoms with Gasteiger partial charge >= 0.3 is 5.69 Å². The van der Waals surface area contributed by atoms with Crippen molar-refractivity contribution in [3.05, 3.63) is 95.1 Å². The first-order valence-electron chi connectivity index (χ1n) is 15.4. The number of ether oxygens (including phenoxy) is 3. The second-order valence-electron chi connectivity index (χ2n) is 10.3. The number of anilines is 3. The molecule has 23 heteroatoms. The van der Waals surface area contributed by atoms with Crippen LogP contribution in [0.15, 0.2) is 64.8 Å². The highest BCUT2D eigenvalue weighted by molar-refractivity contribution is 5.93. The van der Waals surface area contributed by atoms with Crippen LogP contribution >= 0.6 is 0 Å². The van der Waals surface area contributed by atoms with Gasteiger partial charge in [0.2, 0.25) is 5.91 Å². The number of non-ortho nitro benzene ring substituents is 2. The van der Waals surface area contributed by atoms with Crippen molar-refractivity contribution in [2.24, 2.45) is 10.2 Å². The molecule has 286 valence electrons. The SMILES string of the molecule is CC(=O)Nc1cc(N(CCOCCO)CCOCCOCCO)ccc1N=Nc1ccc([N+](=O)[O-])cc1[N+](=O)[O-].Nc1ccc([N+](=O)[O-])cc1[N+](=O)[O-]. The highest BCUT2D eigenvalue weighted by atomic mass is 16.6. The molecule has 23 nitrogen and oxygen atoms in total. The summed E-state index contributed by atoms with van der Waals surface area (Å²) in [6.07, 6.45) is 0. The molecule has 3 aromatic rings. The Balaban J connectivity index is 0.000000626. The van der Waals surface area contributed by atoms with Gasteiger partial charge in [-0.05, 0) is 30.3 Å². The maximum Gasteiger partial charge on any atom is 0.303 e. The fourth-order valence-corrected chi connectivity index (χ4v) is 4.14. The molecule has 0 aliphatic heterocycles. The van der Waals surface area contributed by atoms with E-state index in [2.05, 4.69) is 15.5 Å². The molecule has 0 heterocycles. The molecule has 0 aromatic heterocycles. The molecule has 0 aliphatic rings. The minimum Gasteiger partial charge on any atom is -0.394 e. The van der Waals surface area contributed by atoms with Gasteiger partial charge in [0.15, 0.2) is 5.69 Å². The Morgan fingerprint density at radius 3 is 1.72 bits per heavy atom. The molecule has 0 unspecified atom stereocenters. The summed E-state index contributed by atoms with van der Waals surface area (Å²) in [6, 6.07) is 11.0. The van der Waals surface area contributed by atoms with E-state index in [0.29, 0.717) is 45.2 Å². The molecule has 0 bridgehead atoms. The number of amides is 1. The van der Waals surface area contributed by atoms with Crippen LogP contribution in [0.1, 0.15) is 6.92 Å².